The zero-order valence-corrected chi connectivity index (χ0v) is 13.5. The van der Waals surface area contributed by atoms with Gasteiger partial charge in [-0.2, -0.15) is 0 Å². The van der Waals surface area contributed by atoms with E-state index in [0.717, 1.165) is 27.8 Å². The summed E-state index contributed by atoms with van der Waals surface area (Å²) in [6.07, 6.45) is 0.720. The Kier molecular flexibility index (Phi) is 5.14. The van der Waals surface area contributed by atoms with E-state index in [1.54, 1.807) is 13.2 Å². The van der Waals surface area contributed by atoms with Crippen LogP contribution in [-0.2, 0) is 6.42 Å². The average Bonchev–Trinajstić information content (AvgIpc) is 2.38. The summed E-state index contributed by atoms with van der Waals surface area (Å²) in [4.78, 5) is 0. The first-order valence-corrected chi connectivity index (χ1v) is 7.43. The van der Waals surface area contributed by atoms with Gasteiger partial charge in [0.25, 0.3) is 0 Å². The second kappa shape index (κ2) is 6.65. The van der Waals surface area contributed by atoms with Crippen LogP contribution in [0, 0.1) is 0 Å². The maximum absolute atomic E-state index is 6.50. The Morgan fingerprint density at radius 2 is 2.00 bits per heavy atom. The molecule has 1 atom stereocenters. The lowest BCUT2D eigenvalue weighted by atomic mass is 10.0. The molecule has 0 saturated carbocycles. The molecule has 0 radical (unpaired) electrons. The highest BCUT2D eigenvalue weighted by molar-refractivity contribution is 9.10. The summed E-state index contributed by atoms with van der Waals surface area (Å²) in [7, 11) is 1.63. The van der Waals surface area contributed by atoms with Gasteiger partial charge in [0.05, 0.1) is 12.5 Å². The third kappa shape index (κ3) is 3.88. The monoisotopic (exact) mass is 358 g/mol. The van der Waals surface area contributed by atoms with Gasteiger partial charge >= 0.3 is 0 Å². The third-order valence-corrected chi connectivity index (χ3v) is 3.95. The summed E-state index contributed by atoms with van der Waals surface area (Å²) in [5.74, 6) is 0.763. The average molecular weight is 360 g/mol. The minimum atomic E-state index is -0.178. The van der Waals surface area contributed by atoms with Crippen molar-refractivity contribution in [3.05, 3.63) is 63.1 Å². The Labute approximate surface area is 131 Å². The van der Waals surface area contributed by atoms with Gasteiger partial charge in [0.1, 0.15) is 5.75 Å². The highest BCUT2D eigenvalue weighted by Gasteiger charge is 2.15. The molecule has 0 aromatic heterocycles. The topological polar surface area (TPSA) is 9.23 Å². The Balaban J connectivity index is 2.24. The van der Waals surface area contributed by atoms with Crippen molar-refractivity contribution < 1.29 is 4.74 Å². The smallest absolute Gasteiger partial charge is 0.123 e. The van der Waals surface area contributed by atoms with Crippen molar-refractivity contribution in [1.29, 1.82) is 0 Å². The first kappa shape index (κ1) is 14.7. The van der Waals surface area contributed by atoms with E-state index >= 15 is 0 Å². The van der Waals surface area contributed by atoms with Gasteiger partial charge in [0.2, 0.25) is 0 Å². The van der Waals surface area contributed by atoms with E-state index in [9.17, 15) is 0 Å². The summed E-state index contributed by atoms with van der Waals surface area (Å²) in [6.45, 7) is 0. The summed E-state index contributed by atoms with van der Waals surface area (Å²) in [6, 6.07) is 13.6. The first-order chi connectivity index (χ1) is 9.10. The van der Waals surface area contributed by atoms with E-state index in [1.165, 1.54) is 0 Å². The van der Waals surface area contributed by atoms with E-state index in [4.69, 9.17) is 27.9 Å². The lowest BCUT2D eigenvalue weighted by molar-refractivity contribution is 0.409. The van der Waals surface area contributed by atoms with Crippen molar-refractivity contribution in [3.8, 4) is 5.75 Å². The van der Waals surface area contributed by atoms with Crippen LogP contribution < -0.4 is 4.74 Å². The van der Waals surface area contributed by atoms with Gasteiger partial charge < -0.3 is 4.74 Å². The maximum atomic E-state index is 6.50. The number of alkyl halides is 1. The molecule has 2 aromatic rings. The molecule has 0 spiro atoms. The number of ether oxygens (including phenoxy) is 1. The lowest BCUT2D eigenvalue weighted by Crippen LogP contribution is -1.99. The Hall–Kier alpha value is -0.700. The van der Waals surface area contributed by atoms with E-state index < -0.39 is 0 Å². The zero-order chi connectivity index (χ0) is 13.8. The highest BCUT2D eigenvalue weighted by atomic mass is 79.9. The highest BCUT2D eigenvalue weighted by Crippen LogP contribution is 2.34. The van der Waals surface area contributed by atoms with Gasteiger partial charge in [0, 0.05) is 15.1 Å². The number of hydrogen-bond donors (Lipinski definition) is 0. The summed E-state index contributed by atoms with van der Waals surface area (Å²) in [5, 5.41) is 0.485. The minimum absolute atomic E-state index is 0.178. The SMILES string of the molecule is COc1ccc(Cl)cc1C(Cl)Cc1cccc(Br)c1. The molecule has 2 rings (SSSR count). The predicted octanol–water partition coefficient (Wildman–Crippen LogP) is 5.63. The van der Waals surface area contributed by atoms with E-state index in [-0.39, 0.29) is 5.38 Å². The summed E-state index contributed by atoms with van der Waals surface area (Å²) in [5.41, 5.74) is 2.08. The molecule has 19 heavy (non-hydrogen) atoms. The van der Waals surface area contributed by atoms with Crippen LogP contribution in [0.2, 0.25) is 5.02 Å². The van der Waals surface area contributed by atoms with Gasteiger partial charge in [-0.25, -0.2) is 0 Å². The molecule has 4 heteroatoms. The van der Waals surface area contributed by atoms with Gasteiger partial charge in [-0.3, -0.25) is 0 Å². The molecule has 0 aliphatic heterocycles. The molecule has 0 aliphatic rings. The molecule has 0 amide bonds. The second-order valence-corrected chi connectivity index (χ2v) is 6.07. The van der Waals surface area contributed by atoms with Crippen molar-refractivity contribution in [2.24, 2.45) is 0 Å². The van der Waals surface area contributed by atoms with Crippen LogP contribution in [-0.4, -0.2) is 7.11 Å². The number of halogens is 3. The fourth-order valence-corrected chi connectivity index (χ4v) is 2.91. The van der Waals surface area contributed by atoms with Gasteiger partial charge in [-0.05, 0) is 42.3 Å². The number of benzene rings is 2. The molecular formula is C15H13BrCl2O. The van der Waals surface area contributed by atoms with Crippen LogP contribution in [0.4, 0.5) is 0 Å². The minimum Gasteiger partial charge on any atom is -0.496 e. The molecule has 0 fully saturated rings. The summed E-state index contributed by atoms with van der Waals surface area (Å²) >= 11 is 16.0. The molecular weight excluding hydrogens is 347 g/mol. The molecule has 1 unspecified atom stereocenters. The Morgan fingerprint density at radius 1 is 1.21 bits per heavy atom. The molecule has 100 valence electrons. The fourth-order valence-electron chi connectivity index (χ4n) is 1.93. The van der Waals surface area contributed by atoms with Crippen LogP contribution in [0.25, 0.3) is 0 Å². The number of hydrogen-bond acceptors (Lipinski definition) is 1. The molecule has 0 saturated heterocycles. The predicted molar refractivity (Wildman–Crippen MR) is 84.4 cm³/mol. The lowest BCUT2D eigenvalue weighted by Gasteiger charge is -2.14. The molecule has 1 nitrogen and oxygen atoms in total. The van der Waals surface area contributed by atoms with Crippen molar-refractivity contribution in [2.45, 2.75) is 11.8 Å². The van der Waals surface area contributed by atoms with Crippen molar-refractivity contribution in [1.82, 2.24) is 0 Å². The van der Waals surface area contributed by atoms with Crippen LogP contribution in [0.1, 0.15) is 16.5 Å². The summed E-state index contributed by atoms with van der Waals surface area (Å²) < 4.78 is 6.38. The van der Waals surface area contributed by atoms with E-state index in [0.29, 0.717) is 5.02 Å². The molecule has 0 bridgehead atoms. The number of methoxy groups -OCH3 is 1. The van der Waals surface area contributed by atoms with Gasteiger partial charge in [0.15, 0.2) is 0 Å². The van der Waals surface area contributed by atoms with Crippen LogP contribution in [0.3, 0.4) is 0 Å². The van der Waals surface area contributed by atoms with Crippen LogP contribution in [0.5, 0.6) is 5.75 Å². The van der Waals surface area contributed by atoms with E-state index in [1.807, 2.05) is 24.3 Å². The molecule has 2 aromatic carbocycles. The Morgan fingerprint density at radius 3 is 2.68 bits per heavy atom. The normalized spacial score (nSPS) is 12.2. The van der Waals surface area contributed by atoms with E-state index in [2.05, 4.69) is 28.1 Å². The van der Waals surface area contributed by atoms with Crippen molar-refractivity contribution in [3.63, 3.8) is 0 Å². The first-order valence-electron chi connectivity index (χ1n) is 5.82. The third-order valence-electron chi connectivity index (χ3n) is 2.83. The fraction of sp³-hybridized carbons (Fsp3) is 0.200. The zero-order valence-electron chi connectivity index (χ0n) is 10.4. The number of rotatable bonds is 4. The second-order valence-electron chi connectivity index (χ2n) is 4.19. The maximum Gasteiger partial charge on any atom is 0.123 e. The molecule has 0 heterocycles. The van der Waals surface area contributed by atoms with Crippen LogP contribution >= 0.6 is 39.1 Å². The van der Waals surface area contributed by atoms with Crippen LogP contribution in [0.15, 0.2) is 46.9 Å². The molecule has 0 N–H and O–H groups in total. The quantitative estimate of drug-likeness (QED) is 0.642. The van der Waals surface area contributed by atoms with Gasteiger partial charge in [-0.15, -0.1) is 11.6 Å². The standard InChI is InChI=1S/C15H13BrCl2O/c1-19-15-6-5-12(17)9-13(15)14(18)8-10-3-2-4-11(16)7-10/h2-7,9,14H,8H2,1H3. The largest absolute Gasteiger partial charge is 0.496 e. The Bertz CT molecular complexity index is 572. The van der Waals surface area contributed by atoms with Crippen molar-refractivity contribution >= 4 is 39.1 Å². The molecule has 0 aliphatic carbocycles. The van der Waals surface area contributed by atoms with Gasteiger partial charge in [-0.1, -0.05) is 39.7 Å². The van der Waals surface area contributed by atoms with Crippen molar-refractivity contribution in [2.75, 3.05) is 7.11 Å².